The van der Waals surface area contributed by atoms with Gasteiger partial charge in [0.05, 0.1) is 5.69 Å². The van der Waals surface area contributed by atoms with Crippen LogP contribution in [0, 0.1) is 12.7 Å². The molecule has 0 atom stereocenters. The number of carbonyl (C=O) groups excluding carboxylic acids is 1. The van der Waals surface area contributed by atoms with Gasteiger partial charge >= 0.3 is 0 Å². The number of rotatable bonds is 6. The van der Waals surface area contributed by atoms with Crippen molar-refractivity contribution in [1.82, 2.24) is 14.7 Å². The third kappa shape index (κ3) is 4.43. The Morgan fingerprint density at radius 2 is 1.86 bits per heavy atom. The molecule has 0 bridgehead atoms. The third-order valence-corrected chi connectivity index (χ3v) is 4.55. The van der Waals surface area contributed by atoms with Gasteiger partial charge in [-0.3, -0.25) is 4.79 Å². The molecule has 29 heavy (non-hydrogen) atoms. The van der Waals surface area contributed by atoms with Crippen LogP contribution >= 0.6 is 0 Å². The minimum atomic E-state index is -0.335. The van der Waals surface area contributed by atoms with Gasteiger partial charge in [-0.15, -0.1) is 0 Å². The molecule has 0 aliphatic carbocycles. The van der Waals surface area contributed by atoms with Crippen molar-refractivity contribution < 1.29 is 13.9 Å². The fraction of sp³-hybridized carbons (Fsp3) is 0.130. The van der Waals surface area contributed by atoms with E-state index in [0.717, 1.165) is 16.9 Å². The summed E-state index contributed by atoms with van der Waals surface area (Å²) in [5, 5.41) is 2.72. The Balaban J connectivity index is 1.34. The van der Waals surface area contributed by atoms with Crippen molar-refractivity contribution in [2.75, 3.05) is 0 Å². The SMILES string of the molecule is Cc1ccc2nc(COc3ccc(C(=O)NCc4ccccc4F)cc3)cn2c1. The first-order chi connectivity index (χ1) is 14.1. The zero-order valence-electron chi connectivity index (χ0n) is 15.9. The molecule has 4 rings (SSSR count). The van der Waals surface area contributed by atoms with Crippen molar-refractivity contribution in [3.05, 3.63) is 101 Å². The number of pyridine rings is 1. The van der Waals surface area contributed by atoms with Crippen LogP contribution in [0.4, 0.5) is 4.39 Å². The van der Waals surface area contributed by atoms with E-state index in [4.69, 9.17) is 4.74 Å². The van der Waals surface area contributed by atoms with Crippen LogP contribution in [0.25, 0.3) is 5.65 Å². The lowest BCUT2D eigenvalue weighted by atomic mass is 10.2. The van der Waals surface area contributed by atoms with Crippen molar-refractivity contribution >= 4 is 11.6 Å². The van der Waals surface area contributed by atoms with Gasteiger partial charge in [-0.1, -0.05) is 24.3 Å². The van der Waals surface area contributed by atoms with Gasteiger partial charge in [-0.25, -0.2) is 9.37 Å². The maximum atomic E-state index is 13.6. The summed E-state index contributed by atoms with van der Waals surface area (Å²) in [7, 11) is 0. The standard InChI is InChI=1S/C23H20FN3O2/c1-16-6-11-22-26-19(14-27(22)13-16)15-29-20-9-7-17(8-10-20)23(28)25-12-18-4-2-3-5-21(18)24/h2-11,13-14H,12,15H2,1H3,(H,25,28). The van der Waals surface area contributed by atoms with E-state index in [1.165, 1.54) is 6.07 Å². The number of amides is 1. The molecule has 0 spiro atoms. The molecule has 5 nitrogen and oxygen atoms in total. The lowest BCUT2D eigenvalue weighted by Crippen LogP contribution is -2.23. The first-order valence-corrected chi connectivity index (χ1v) is 9.27. The maximum Gasteiger partial charge on any atom is 0.251 e. The van der Waals surface area contributed by atoms with Gasteiger partial charge in [0.1, 0.15) is 23.8 Å². The zero-order chi connectivity index (χ0) is 20.2. The molecule has 0 saturated carbocycles. The summed E-state index contributed by atoms with van der Waals surface area (Å²) in [6, 6.07) is 17.2. The van der Waals surface area contributed by atoms with E-state index < -0.39 is 0 Å². The number of aromatic nitrogens is 2. The van der Waals surface area contributed by atoms with E-state index in [9.17, 15) is 9.18 Å². The van der Waals surface area contributed by atoms with Gasteiger partial charge < -0.3 is 14.5 Å². The number of carbonyl (C=O) groups is 1. The average molecular weight is 389 g/mol. The van der Waals surface area contributed by atoms with Gasteiger partial charge in [0.2, 0.25) is 0 Å². The lowest BCUT2D eigenvalue weighted by Gasteiger charge is -2.08. The lowest BCUT2D eigenvalue weighted by molar-refractivity contribution is 0.0950. The van der Waals surface area contributed by atoms with Crippen LogP contribution in [0.3, 0.4) is 0 Å². The Morgan fingerprint density at radius 1 is 1.07 bits per heavy atom. The van der Waals surface area contributed by atoms with E-state index in [1.807, 2.05) is 35.9 Å². The summed E-state index contributed by atoms with van der Waals surface area (Å²) in [5.74, 6) is 0.0399. The molecule has 146 valence electrons. The fourth-order valence-electron chi connectivity index (χ4n) is 3.00. The highest BCUT2D eigenvalue weighted by atomic mass is 19.1. The number of halogens is 1. The Kier molecular flexibility index (Phi) is 5.24. The van der Waals surface area contributed by atoms with Crippen LogP contribution in [0.2, 0.25) is 0 Å². The molecule has 2 aromatic carbocycles. The molecular weight excluding hydrogens is 369 g/mol. The molecular formula is C23H20FN3O2. The second-order valence-electron chi connectivity index (χ2n) is 6.79. The molecule has 4 aromatic rings. The summed E-state index contributed by atoms with van der Waals surface area (Å²) in [6.45, 7) is 2.50. The van der Waals surface area contributed by atoms with Gasteiger partial charge in [-0.2, -0.15) is 0 Å². The van der Waals surface area contributed by atoms with Crippen LogP contribution in [0.15, 0.2) is 73.1 Å². The molecule has 0 aliphatic heterocycles. The Bertz CT molecular complexity index is 1150. The van der Waals surface area contributed by atoms with E-state index >= 15 is 0 Å². The molecule has 1 amide bonds. The van der Waals surface area contributed by atoms with Crippen molar-refractivity contribution in [2.45, 2.75) is 20.1 Å². The van der Waals surface area contributed by atoms with Crippen LogP contribution in [-0.4, -0.2) is 15.3 Å². The highest BCUT2D eigenvalue weighted by Gasteiger charge is 2.08. The quantitative estimate of drug-likeness (QED) is 0.535. The number of ether oxygens (including phenoxy) is 1. The molecule has 0 unspecified atom stereocenters. The Morgan fingerprint density at radius 3 is 2.66 bits per heavy atom. The molecule has 1 N–H and O–H groups in total. The van der Waals surface area contributed by atoms with E-state index in [1.54, 1.807) is 42.5 Å². The van der Waals surface area contributed by atoms with Crippen LogP contribution < -0.4 is 10.1 Å². The monoisotopic (exact) mass is 389 g/mol. The molecule has 6 heteroatoms. The molecule has 2 heterocycles. The fourth-order valence-corrected chi connectivity index (χ4v) is 3.00. The Hall–Kier alpha value is -3.67. The molecule has 0 fully saturated rings. The van der Waals surface area contributed by atoms with Gasteiger partial charge in [0, 0.05) is 30.1 Å². The summed E-state index contributed by atoms with van der Waals surface area (Å²) >= 11 is 0. The second kappa shape index (κ2) is 8.14. The molecule has 0 saturated heterocycles. The van der Waals surface area contributed by atoms with Crippen molar-refractivity contribution in [1.29, 1.82) is 0 Å². The smallest absolute Gasteiger partial charge is 0.251 e. The van der Waals surface area contributed by atoms with Crippen molar-refractivity contribution in [2.24, 2.45) is 0 Å². The van der Waals surface area contributed by atoms with Crippen LogP contribution in [0.5, 0.6) is 5.75 Å². The number of nitrogens with one attached hydrogen (secondary N) is 1. The third-order valence-electron chi connectivity index (χ3n) is 4.55. The summed E-state index contributed by atoms with van der Waals surface area (Å²) in [5.41, 5.74) is 3.78. The number of nitrogens with zero attached hydrogens (tertiary/aromatic N) is 2. The number of imidazole rings is 1. The van der Waals surface area contributed by atoms with Crippen LogP contribution in [0.1, 0.15) is 27.2 Å². The molecule has 2 aromatic heterocycles. The first-order valence-electron chi connectivity index (χ1n) is 9.27. The minimum Gasteiger partial charge on any atom is -0.487 e. The van der Waals surface area contributed by atoms with E-state index in [-0.39, 0.29) is 18.3 Å². The number of hydrogen-bond acceptors (Lipinski definition) is 3. The number of fused-ring (bicyclic) bond motifs is 1. The Labute approximate surface area is 167 Å². The largest absolute Gasteiger partial charge is 0.487 e. The topological polar surface area (TPSA) is 55.6 Å². The maximum absolute atomic E-state index is 13.6. The zero-order valence-corrected chi connectivity index (χ0v) is 15.9. The second-order valence-corrected chi connectivity index (χ2v) is 6.79. The van der Waals surface area contributed by atoms with Gasteiger partial charge in [0.15, 0.2) is 0 Å². The number of aryl methyl sites for hydroxylation is 1. The van der Waals surface area contributed by atoms with E-state index in [0.29, 0.717) is 23.5 Å². The average Bonchev–Trinajstić information content (AvgIpc) is 3.14. The van der Waals surface area contributed by atoms with Crippen molar-refractivity contribution in [3.8, 4) is 5.75 Å². The van der Waals surface area contributed by atoms with Crippen LogP contribution in [-0.2, 0) is 13.2 Å². The van der Waals surface area contributed by atoms with Gasteiger partial charge in [0.25, 0.3) is 5.91 Å². The van der Waals surface area contributed by atoms with Gasteiger partial charge in [-0.05, 0) is 48.9 Å². The highest BCUT2D eigenvalue weighted by molar-refractivity contribution is 5.94. The minimum absolute atomic E-state index is 0.136. The summed E-state index contributed by atoms with van der Waals surface area (Å²) in [4.78, 5) is 16.8. The van der Waals surface area contributed by atoms with E-state index in [2.05, 4.69) is 10.3 Å². The number of hydrogen-bond donors (Lipinski definition) is 1. The molecule has 0 aliphatic rings. The first kappa shape index (κ1) is 18.7. The summed E-state index contributed by atoms with van der Waals surface area (Å²) in [6.07, 6.45) is 3.95. The predicted molar refractivity (Wildman–Crippen MR) is 108 cm³/mol. The normalized spacial score (nSPS) is 10.8. The predicted octanol–water partition coefficient (Wildman–Crippen LogP) is 4.29. The molecule has 0 radical (unpaired) electrons. The summed E-state index contributed by atoms with van der Waals surface area (Å²) < 4.78 is 21.4. The number of benzene rings is 2. The van der Waals surface area contributed by atoms with Crippen molar-refractivity contribution in [3.63, 3.8) is 0 Å². The highest BCUT2D eigenvalue weighted by Crippen LogP contribution is 2.15.